The maximum atomic E-state index is 5.72. The summed E-state index contributed by atoms with van der Waals surface area (Å²) >= 11 is 0. The average Bonchev–Trinajstić information content (AvgIpc) is 2.67. The van der Waals surface area contributed by atoms with E-state index < -0.39 is 0 Å². The zero-order valence-electron chi connectivity index (χ0n) is 19.6. The molecule has 1 fully saturated rings. The van der Waals surface area contributed by atoms with Gasteiger partial charge in [-0.05, 0) is 44.4 Å². The molecule has 0 saturated carbocycles. The Morgan fingerprint density at radius 2 is 1.52 bits per heavy atom. The first kappa shape index (κ1) is 24.0. The average molecular weight is 404 g/mol. The number of anilines is 1. The van der Waals surface area contributed by atoms with E-state index in [1.54, 1.807) is 0 Å². The molecule has 2 atom stereocenters. The van der Waals surface area contributed by atoms with E-state index in [1.165, 1.54) is 70.6 Å². The van der Waals surface area contributed by atoms with Crippen LogP contribution in [0.3, 0.4) is 0 Å². The number of aryl methyl sites for hydroxylation is 1. The van der Waals surface area contributed by atoms with Gasteiger partial charge in [0.05, 0.1) is 6.61 Å². The van der Waals surface area contributed by atoms with Gasteiger partial charge in [-0.15, -0.1) is 0 Å². The third-order valence-electron chi connectivity index (χ3n) is 6.37. The monoisotopic (exact) mass is 403 g/mol. The molecule has 0 radical (unpaired) electrons. The summed E-state index contributed by atoms with van der Waals surface area (Å²) < 4.78 is 5.72. The fourth-order valence-electron chi connectivity index (χ4n) is 4.55. The van der Waals surface area contributed by atoms with Crippen molar-refractivity contribution in [2.75, 3.05) is 24.6 Å². The molecule has 0 aromatic carbocycles. The number of rotatable bonds is 16. The number of aromatic nitrogens is 2. The van der Waals surface area contributed by atoms with E-state index >= 15 is 0 Å². The van der Waals surface area contributed by atoms with Gasteiger partial charge in [0.15, 0.2) is 0 Å². The zero-order chi connectivity index (χ0) is 20.9. The first-order valence-electron chi connectivity index (χ1n) is 12.5. The summed E-state index contributed by atoms with van der Waals surface area (Å²) in [6, 6.07) is 2.06. The van der Waals surface area contributed by atoms with E-state index in [0.29, 0.717) is 6.61 Å². The van der Waals surface area contributed by atoms with Crippen LogP contribution >= 0.6 is 0 Å². The number of hydrogen-bond acceptors (Lipinski definition) is 4. The minimum absolute atomic E-state index is 0.658. The van der Waals surface area contributed by atoms with Crippen LogP contribution in [-0.4, -0.2) is 29.7 Å². The second kappa shape index (κ2) is 13.8. The van der Waals surface area contributed by atoms with E-state index in [9.17, 15) is 0 Å². The van der Waals surface area contributed by atoms with Gasteiger partial charge in [0.25, 0.3) is 0 Å². The summed E-state index contributed by atoms with van der Waals surface area (Å²) in [6.45, 7) is 11.8. The van der Waals surface area contributed by atoms with Crippen molar-refractivity contribution in [1.82, 2.24) is 9.97 Å². The highest BCUT2D eigenvalue weighted by atomic mass is 16.5. The first-order chi connectivity index (χ1) is 14.2. The minimum atomic E-state index is 0.658. The van der Waals surface area contributed by atoms with Crippen LogP contribution in [0.15, 0.2) is 6.07 Å². The molecule has 1 aromatic heterocycles. The summed E-state index contributed by atoms with van der Waals surface area (Å²) in [4.78, 5) is 11.7. The van der Waals surface area contributed by atoms with Gasteiger partial charge in [0, 0.05) is 24.8 Å². The van der Waals surface area contributed by atoms with Gasteiger partial charge in [-0.1, -0.05) is 72.1 Å². The second-order valence-electron chi connectivity index (χ2n) is 8.76. The lowest BCUT2D eigenvalue weighted by Crippen LogP contribution is -2.38. The molecule has 0 aliphatic carbocycles. The largest absolute Gasteiger partial charge is 0.478 e. The molecule has 4 nitrogen and oxygen atoms in total. The SMILES string of the molecule is CCCCC(CCC)C(CCCC)CCCc1cc(OCC)nc(N2CCC2)n1. The van der Waals surface area contributed by atoms with E-state index in [1.807, 2.05) is 6.92 Å². The molecule has 2 heterocycles. The molecule has 2 unspecified atom stereocenters. The molecule has 29 heavy (non-hydrogen) atoms. The fourth-order valence-corrected chi connectivity index (χ4v) is 4.55. The lowest BCUT2D eigenvalue weighted by Gasteiger charge is -2.31. The number of nitrogens with zero attached hydrogens (tertiary/aromatic N) is 3. The van der Waals surface area contributed by atoms with Gasteiger partial charge in [0.2, 0.25) is 11.8 Å². The van der Waals surface area contributed by atoms with Crippen molar-refractivity contribution in [3.05, 3.63) is 11.8 Å². The third kappa shape index (κ3) is 8.14. The van der Waals surface area contributed by atoms with Crippen molar-refractivity contribution >= 4 is 5.95 Å². The molecule has 1 aliphatic rings. The topological polar surface area (TPSA) is 38.2 Å². The highest BCUT2D eigenvalue weighted by molar-refractivity contribution is 5.36. The Morgan fingerprint density at radius 3 is 2.07 bits per heavy atom. The predicted molar refractivity (Wildman–Crippen MR) is 124 cm³/mol. The second-order valence-corrected chi connectivity index (χ2v) is 8.76. The molecule has 0 N–H and O–H groups in total. The van der Waals surface area contributed by atoms with Crippen molar-refractivity contribution in [1.29, 1.82) is 0 Å². The summed E-state index contributed by atoms with van der Waals surface area (Å²) in [5.74, 6) is 3.40. The first-order valence-corrected chi connectivity index (χ1v) is 12.5. The Balaban J connectivity index is 1.98. The third-order valence-corrected chi connectivity index (χ3v) is 6.37. The molecular weight excluding hydrogens is 358 g/mol. The Morgan fingerprint density at radius 1 is 0.862 bits per heavy atom. The lowest BCUT2D eigenvalue weighted by atomic mass is 9.79. The maximum Gasteiger partial charge on any atom is 0.228 e. The molecule has 4 heteroatoms. The van der Waals surface area contributed by atoms with Gasteiger partial charge < -0.3 is 9.64 Å². The molecule has 0 spiro atoms. The molecule has 1 saturated heterocycles. The zero-order valence-corrected chi connectivity index (χ0v) is 19.6. The molecule has 2 rings (SSSR count). The molecule has 1 aliphatic heterocycles. The standard InChI is InChI=1S/C25H45N3O/c1-5-9-14-21(13-7-3)22(15-10-6-2)16-11-17-23-20-24(29-8-4)27-25(26-23)28-18-12-19-28/h20-22H,5-19H2,1-4H3. The van der Waals surface area contributed by atoms with Crippen molar-refractivity contribution in [3.8, 4) is 5.88 Å². The summed E-state index contributed by atoms with van der Waals surface area (Å²) in [6.07, 6.45) is 15.8. The van der Waals surface area contributed by atoms with Gasteiger partial charge >= 0.3 is 0 Å². The summed E-state index contributed by atoms with van der Waals surface area (Å²) in [5.41, 5.74) is 1.15. The smallest absolute Gasteiger partial charge is 0.228 e. The van der Waals surface area contributed by atoms with Crippen LogP contribution in [0.1, 0.15) is 104 Å². The Hall–Kier alpha value is -1.32. The maximum absolute atomic E-state index is 5.72. The van der Waals surface area contributed by atoms with Crippen molar-refractivity contribution in [3.63, 3.8) is 0 Å². The van der Waals surface area contributed by atoms with Crippen molar-refractivity contribution in [2.45, 2.75) is 105 Å². The summed E-state index contributed by atoms with van der Waals surface area (Å²) in [5, 5.41) is 0. The molecule has 166 valence electrons. The molecule has 0 amide bonds. The van der Waals surface area contributed by atoms with E-state index in [0.717, 1.165) is 48.9 Å². The Bertz CT molecular complexity index is 559. The fraction of sp³-hybridized carbons (Fsp3) is 0.840. The molecule has 1 aromatic rings. The van der Waals surface area contributed by atoms with Crippen LogP contribution < -0.4 is 9.64 Å². The van der Waals surface area contributed by atoms with Crippen molar-refractivity contribution in [2.24, 2.45) is 11.8 Å². The van der Waals surface area contributed by atoms with Gasteiger partial charge in [-0.2, -0.15) is 4.98 Å². The molecule has 0 bridgehead atoms. The predicted octanol–water partition coefficient (Wildman–Crippen LogP) is 6.82. The lowest BCUT2D eigenvalue weighted by molar-refractivity contribution is 0.246. The minimum Gasteiger partial charge on any atom is -0.478 e. The number of ether oxygens (including phenoxy) is 1. The van der Waals surface area contributed by atoms with E-state index in [4.69, 9.17) is 9.72 Å². The number of hydrogen-bond donors (Lipinski definition) is 0. The van der Waals surface area contributed by atoms with E-state index in [-0.39, 0.29) is 0 Å². The highest BCUT2D eigenvalue weighted by Crippen LogP contribution is 2.32. The normalized spacial score (nSPS) is 15.8. The van der Waals surface area contributed by atoms with Gasteiger partial charge in [-0.25, -0.2) is 4.98 Å². The highest BCUT2D eigenvalue weighted by Gasteiger charge is 2.21. The Labute approximate surface area is 179 Å². The van der Waals surface area contributed by atoms with Crippen LogP contribution in [0.25, 0.3) is 0 Å². The van der Waals surface area contributed by atoms with Crippen LogP contribution in [-0.2, 0) is 6.42 Å². The quantitative estimate of drug-likeness (QED) is 0.303. The Kier molecular flexibility index (Phi) is 11.4. The van der Waals surface area contributed by atoms with Crippen LogP contribution in [0, 0.1) is 11.8 Å². The van der Waals surface area contributed by atoms with E-state index in [2.05, 4.69) is 36.7 Å². The molecular formula is C25H45N3O. The number of unbranched alkanes of at least 4 members (excludes halogenated alkanes) is 2. The summed E-state index contributed by atoms with van der Waals surface area (Å²) in [7, 11) is 0. The van der Waals surface area contributed by atoms with Gasteiger partial charge in [-0.3, -0.25) is 0 Å². The van der Waals surface area contributed by atoms with Crippen LogP contribution in [0.4, 0.5) is 5.95 Å². The van der Waals surface area contributed by atoms with Gasteiger partial charge in [0.1, 0.15) is 0 Å². The van der Waals surface area contributed by atoms with Crippen LogP contribution in [0.2, 0.25) is 0 Å². The van der Waals surface area contributed by atoms with Crippen molar-refractivity contribution < 1.29 is 4.74 Å². The van der Waals surface area contributed by atoms with Crippen LogP contribution in [0.5, 0.6) is 5.88 Å².